The number of hydrogen-bond donors (Lipinski definition) is 3. The van der Waals surface area contributed by atoms with Gasteiger partial charge in [-0.3, -0.25) is 19.7 Å². The summed E-state index contributed by atoms with van der Waals surface area (Å²) in [6, 6.07) is 18.1. The molecule has 37 heavy (non-hydrogen) atoms. The predicted molar refractivity (Wildman–Crippen MR) is 140 cm³/mol. The molecular weight excluding hydrogens is 478 g/mol. The average molecular weight is 504 g/mol. The van der Waals surface area contributed by atoms with E-state index in [1.165, 1.54) is 19.3 Å². The van der Waals surface area contributed by atoms with Crippen LogP contribution in [0.4, 0.5) is 11.4 Å². The highest BCUT2D eigenvalue weighted by atomic mass is 16.6. The van der Waals surface area contributed by atoms with Crippen LogP contribution in [0.1, 0.15) is 21.5 Å². The number of ether oxygens (including phenoxy) is 1. The number of anilines is 1. The molecule has 3 aromatic rings. The first-order valence-corrected chi connectivity index (χ1v) is 10.9. The van der Waals surface area contributed by atoms with E-state index >= 15 is 0 Å². The molecule has 0 unspecified atom stereocenters. The van der Waals surface area contributed by atoms with Crippen LogP contribution in [0.2, 0.25) is 0 Å². The fraction of sp³-hybridized carbons (Fsp3) is 0.115. The molecule has 0 aliphatic carbocycles. The van der Waals surface area contributed by atoms with Crippen molar-refractivity contribution in [2.45, 2.75) is 0 Å². The Hall–Kier alpha value is -5.19. The van der Waals surface area contributed by atoms with Gasteiger partial charge in [0.25, 0.3) is 11.8 Å². The lowest BCUT2D eigenvalue weighted by Gasteiger charge is -2.12. The summed E-state index contributed by atoms with van der Waals surface area (Å²) in [5.41, 5.74) is 3.82. The number of carbonyl (C=O) groups excluding carboxylic acids is 2. The van der Waals surface area contributed by atoms with E-state index in [0.717, 1.165) is 18.0 Å². The van der Waals surface area contributed by atoms with Gasteiger partial charge < -0.3 is 20.1 Å². The largest absolute Gasteiger partial charge is 0.500 e. The van der Waals surface area contributed by atoms with Crippen LogP contribution in [-0.4, -0.2) is 49.3 Å². The number of hydrogen-bond acceptors (Lipinski definition) is 8. The summed E-state index contributed by atoms with van der Waals surface area (Å²) in [6.45, 7) is 0. The maximum atomic E-state index is 12.9. The minimum absolute atomic E-state index is 0.0714. The first kappa shape index (κ1) is 26.4. The molecule has 3 rings (SSSR count). The third-order valence-corrected chi connectivity index (χ3v) is 5.12. The number of nitrogens with one attached hydrogen (secondary N) is 2. The number of nitro benzene ring substituents is 1. The third-order valence-electron chi connectivity index (χ3n) is 5.12. The lowest BCUT2D eigenvalue weighted by molar-refractivity contribution is -0.386. The molecule has 3 N–H and O–H groups in total. The molecule has 190 valence electrons. The van der Waals surface area contributed by atoms with Gasteiger partial charge >= 0.3 is 5.69 Å². The van der Waals surface area contributed by atoms with E-state index in [1.54, 1.807) is 42.5 Å². The number of nitro groups is 1. The van der Waals surface area contributed by atoms with Crippen molar-refractivity contribution in [1.82, 2.24) is 10.7 Å². The zero-order valence-electron chi connectivity index (χ0n) is 20.3. The minimum Gasteiger partial charge on any atom is -0.500 e. The average Bonchev–Trinajstić information content (AvgIpc) is 2.89. The molecule has 0 bridgehead atoms. The molecule has 0 aliphatic heterocycles. The molecule has 2 amide bonds. The Balaban J connectivity index is 1.86. The predicted octanol–water partition coefficient (Wildman–Crippen LogP) is 3.30. The van der Waals surface area contributed by atoms with Crippen LogP contribution in [0.3, 0.4) is 0 Å². The van der Waals surface area contributed by atoms with Crippen molar-refractivity contribution in [3.05, 3.63) is 99.2 Å². The van der Waals surface area contributed by atoms with Crippen molar-refractivity contribution in [3.63, 3.8) is 0 Å². The van der Waals surface area contributed by atoms with Crippen LogP contribution < -0.4 is 20.4 Å². The van der Waals surface area contributed by atoms with Crippen molar-refractivity contribution in [2.75, 3.05) is 26.1 Å². The summed E-state index contributed by atoms with van der Waals surface area (Å²) >= 11 is 0. The molecule has 0 aliphatic rings. The van der Waals surface area contributed by atoms with E-state index in [2.05, 4.69) is 15.8 Å². The molecule has 0 radical (unpaired) electrons. The third kappa shape index (κ3) is 6.92. The molecule has 11 nitrogen and oxygen atoms in total. The van der Waals surface area contributed by atoms with Crippen LogP contribution in [0.25, 0.3) is 6.08 Å². The van der Waals surface area contributed by atoms with Crippen LogP contribution in [0.5, 0.6) is 11.5 Å². The summed E-state index contributed by atoms with van der Waals surface area (Å²) in [6.07, 6.45) is 2.65. The molecule has 0 spiro atoms. The Morgan fingerprint density at radius 1 is 1.05 bits per heavy atom. The van der Waals surface area contributed by atoms with Crippen molar-refractivity contribution in [2.24, 2.45) is 5.10 Å². The molecule has 0 fully saturated rings. The summed E-state index contributed by atoms with van der Waals surface area (Å²) in [5.74, 6) is -1.96. The first-order chi connectivity index (χ1) is 17.7. The lowest BCUT2D eigenvalue weighted by atomic mass is 10.1. The Morgan fingerprint density at radius 3 is 2.32 bits per heavy atom. The molecule has 0 saturated heterocycles. The topological polar surface area (TPSA) is 146 Å². The van der Waals surface area contributed by atoms with Gasteiger partial charge in [0.15, 0.2) is 5.75 Å². The molecule has 0 atom stereocenters. The number of phenols is 1. The summed E-state index contributed by atoms with van der Waals surface area (Å²) in [4.78, 5) is 38.0. The van der Waals surface area contributed by atoms with Gasteiger partial charge in [0.1, 0.15) is 5.70 Å². The Kier molecular flexibility index (Phi) is 8.55. The van der Waals surface area contributed by atoms with Crippen molar-refractivity contribution < 1.29 is 24.4 Å². The number of nitrogens with zero attached hydrogens (tertiary/aromatic N) is 3. The highest BCUT2D eigenvalue weighted by Gasteiger charge is 2.19. The molecular formula is C26H25N5O6. The molecule has 11 heteroatoms. The van der Waals surface area contributed by atoms with E-state index in [9.17, 15) is 24.8 Å². The van der Waals surface area contributed by atoms with E-state index in [-0.39, 0.29) is 17.0 Å². The molecule has 3 aromatic carbocycles. The van der Waals surface area contributed by atoms with Gasteiger partial charge in [0.2, 0.25) is 5.75 Å². The normalized spacial score (nSPS) is 11.2. The second-order valence-corrected chi connectivity index (χ2v) is 7.91. The Labute approximate surface area is 212 Å². The number of amides is 2. The monoisotopic (exact) mass is 503 g/mol. The summed E-state index contributed by atoms with van der Waals surface area (Å²) in [7, 11) is 5.05. The summed E-state index contributed by atoms with van der Waals surface area (Å²) < 4.78 is 4.95. The smallest absolute Gasteiger partial charge is 0.315 e. The molecule has 0 saturated carbocycles. The van der Waals surface area contributed by atoms with Crippen LogP contribution in [0, 0.1) is 10.1 Å². The van der Waals surface area contributed by atoms with Gasteiger partial charge in [-0.25, -0.2) is 5.43 Å². The maximum absolute atomic E-state index is 12.9. The van der Waals surface area contributed by atoms with Crippen LogP contribution in [-0.2, 0) is 4.79 Å². The highest BCUT2D eigenvalue weighted by Crippen LogP contribution is 2.36. The zero-order chi connectivity index (χ0) is 26.9. The van der Waals surface area contributed by atoms with Gasteiger partial charge in [0.05, 0.1) is 18.2 Å². The highest BCUT2D eigenvalue weighted by molar-refractivity contribution is 6.05. The van der Waals surface area contributed by atoms with Crippen LogP contribution >= 0.6 is 0 Å². The SMILES string of the molecule is COc1cc(/C=N\NC(=O)/C(=C/c2ccc(N(C)C)cc2)NC(=O)c2ccccc2)cc([N+](=O)[O-])c1O. The second-order valence-electron chi connectivity index (χ2n) is 7.91. The number of rotatable bonds is 9. The zero-order valence-corrected chi connectivity index (χ0v) is 20.3. The summed E-state index contributed by atoms with van der Waals surface area (Å²) in [5, 5.41) is 27.5. The Morgan fingerprint density at radius 2 is 1.73 bits per heavy atom. The van der Waals surface area contributed by atoms with Crippen LogP contribution in [0.15, 0.2) is 77.5 Å². The standard InChI is InChI=1S/C26H25N5O6/c1-30(2)20-11-9-17(10-12-20)13-21(28-25(33)19-7-5-4-6-8-19)26(34)29-27-16-18-14-22(31(35)36)24(32)23(15-18)37-3/h4-16,32H,1-3H3,(H,28,33)(H,29,34)/b21-13-,27-16-. The number of phenolic OH excluding ortho intramolecular Hbond substituents is 1. The quantitative estimate of drug-likeness (QED) is 0.176. The number of aromatic hydroxyl groups is 1. The van der Waals surface area contributed by atoms with Gasteiger partial charge in [-0.2, -0.15) is 5.10 Å². The van der Waals surface area contributed by atoms with Crippen molar-refractivity contribution >= 4 is 35.5 Å². The second kappa shape index (κ2) is 12.0. The molecule has 0 aromatic heterocycles. The first-order valence-electron chi connectivity index (χ1n) is 10.9. The van der Waals surface area contributed by atoms with Gasteiger partial charge in [0, 0.05) is 37.0 Å². The van der Waals surface area contributed by atoms with Gasteiger partial charge in [-0.15, -0.1) is 0 Å². The van der Waals surface area contributed by atoms with Gasteiger partial charge in [-0.05, 0) is 42.0 Å². The number of benzene rings is 3. The minimum atomic E-state index is -0.769. The van der Waals surface area contributed by atoms with Crippen molar-refractivity contribution in [3.8, 4) is 11.5 Å². The van der Waals surface area contributed by atoms with E-state index < -0.39 is 28.2 Å². The number of methoxy groups -OCH3 is 1. The number of hydrazone groups is 1. The van der Waals surface area contributed by atoms with Gasteiger partial charge in [-0.1, -0.05) is 30.3 Å². The van der Waals surface area contributed by atoms with Crippen molar-refractivity contribution in [1.29, 1.82) is 0 Å². The maximum Gasteiger partial charge on any atom is 0.315 e. The Bertz CT molecular complexity index is 1350. The van der Waals surface area contributed by atoms with E-state index in [4.69, 9.17) is 4.74 Å². The lowest BCUT2D eigenvalue weighted by Crippen LogP contribution is -2.32. The molecule has 0 heterocycles. The number of carbonyl (C=O) groups is 2. The fourth-order valence-electron chi connectivity index (χ4n) is 3.19. The van der Waals surface area contributed by atoms with E-state index in [0.29, 0.717) is 11.1 Å². The van der Waals surface area contributed by atoms with E-state index in [1.807, 2.05) is 31.1 Å². The fourth-order valence-corrected chi connectivity index (χ4v) is 3.19.